The summed E-state index contributed by atoms with van der Waals surface area (Å²) in [5.41, 5.74) is 0.704. The van der Waals surface area contributed by atoms with Crippen LogP contribution in [0.1, 0.15) is 6.92 Å². The third-order valence-corrected chi connectivity index (χ3v) is 4.47. The zero-order valence-corrected chi connectivity index (χ0v) is 16.0. The number of hydrazone groups is 1. The first kappa shape index (κ1) is 19.8. The third kappa shape index (κ3) is 4.47. The lowest BCUT2D eigenvalue weighted by Crippen LogP contribution is -2.37. The lowest BCUT2D eigenvalue weighted by molar-refractivity contribution is -0.118. The summed E-state index contributed by atoms with van der Waals surface area (Å²) in [6.45, 7) is 3.61. The summed E-state index contributed by atoms with van der Waals surface area (Å²) < 4.78 is 25.0. The van der Waals surface area contributed by atoms with Crippen LogP contribution in [0, 0.1) is 5.82 Å². The zero-order valence-electron chi connectivity index (χ0n) is 15.2. The second kappa shape index (κ2) is 8.83. The van der Waals surface area contributed by atoms with E-state index in [1.165, 1.54) is 22.3 Å². The van der Waals surface area contributed by atoms with Crippen LogP contribution >= 0.6 is 12.2 Å². The van der Waals surface area contributed by atoms with Crippen LogP contribution in [0.3, 0.4) is 0 Å². The second-order valence-corrected chi connectivity index (χ2v) is 6.42. The van der Waals surface area contributed by atoms with Crippen molar-refractivity contribution in [3.05, 3.63) is 24.0 Å². The summed E-state index contributed by atoms with van der Waals surface area (Å²) in [7, 11) is 0. The van der Waals surface area contributed by atoms with Gasteiger partial charge in [-0.1, -0.05) is 0 Å². The van der Waals surface area contributed by atoms with E-state index in [1.807, 2.05) is 6.92 Å². The Hall–Kier alpha value is -2.95. The SMILES string of the molecule is CCOC(=S)NCC1CN(c2ccc(N3C=NN(C=O)CC3)c(F)c2)C(=O)O1. The average Bonchev–Trinajstić information content (AvgIpc) is 3.07. The Labute approximate surface area is 166 Å². The maximum Gasteiger partial charge on any atom is 0.414 e. The highest BCUT2D eigenvalue weighted by molar-refractivity contribution is 7.80. The normalized spacial score (nSPS) is 18.9. The number of carbonyl (C=O) groups excluding carboxylic acids is 2. The molecule has 2 aliphatic heterocycles. The van der Waals surface area contributed by atoms with Crippen molar-refractivity contribution in [1.82, 2.24) is 10.3 Å². The molecule has 3 rings (SSSR count). The molecule has 1 N–H and O–H groups in total. The predicted octanol–water partition coefficient (Wildman–Crippen LogP) is 1.28. The fraction of sp³-hybridized carbons (Fsp3) is 0.412. The van der Waals surface area contributed by atoms with Gasteiger partial charge in [0.1, 0.15) is 18.3 Å². The van der Waals surface area contributed by atoms with Crippen LogP contribution in [-0.4, -0.2) is 67.9 Å². The van der Waals surface area contributed by atoms with E-state index in [4.69, 9.17) is 21.7 Å². The molecule has 9 nitrogen and oxygen atoms in total. The van der Waals surface area contributed by atoms with Gasteiger partial charge in [-0.15, -0.1) is 0 Å². The summed E-state index contributed by atoms with van der Waals surface area (Å²) in [6, 6.07) is 4.48. The highest BCUT2D eigenvalue weighted by atomic mass is 32.1. The van der Waals surface area contributed by atoms with Crippen molar-refractivity contribution in [2.45, 2.75) is 13.0 Å². The third-order valence-electron chi connectivity index (χ3n) is 4.21. The molecule has 150 valence electrons. The maximum absolute atomic E-state index is 14.6. The molecule has 1 fully saturated rings. The molecule has 1 unspecified atom stereocenters. The molecule has 11 heteroatoms. The summed E-state index contributed by atoms with van der Waals surface area (Å²) in [6.07, 6.45) is 1.02. The first-order chi connectivity index (χ1) is 13.5. The highest BCUT2D eigenvalue weighted by Gasteiger charge is 2.33. The molecule has 2 amide bonds. The monoisotopic (exact) mass is 409 g/mol. The molecule has 0 spiro atoms. The van der Waals surface area contributed by atoms with Crippen molar-refractivity contribution in [3.63, 3.8) is 0 Å². The number of anilines is 2. The molecular weight excluding hydrogens is 389 g/mol. The standard InChI is InChI=1S/C17H20FN5O4S/c1-2-26-16(28)19-8-13-9-23(17(25)27-13)12-3-4-15(14(18)7-12)21-5-6-22(11-24)20-10-21/h3-4,7,10-11,13H,2,5-6,8-9H2,1H3,(H,19,28). The number of hydrogen-bond donors (Lipinski definition) is 1. The Bertz CT molecular complexity index is 793. The van der Waals surface area contributed by atoms with Gasteiger partial charge in [0.25, 0.3) is 5.17 Å². The average molecular weight is 409 g/mol. The van der Waals surface area contributed by atoms with E-state index in [9.17, 15) is 14.0 Å². The van der Waals surface area contributed by atoms with E-state index in [0.29, 0.717) is 44.0 Å². The Balaban J connectivity index is 1.64. The topological polar surface area (TPSA) is 86.7 Å². The minimum absolute atomic E-state index is 0.240. The minimum atomic E-state index is -0.553. The summed E-state index contributed by atoms with van der Waals surface area (Å²) >= 11 is 4.97. The molecule has 1 atom stereocenters. The molecule has 0 aliphatic carbocycles. The Morgan fingerprint density at radius 3 is 2.96 bits per heavy atom. The Kier molecular flexibility index (Phi) is 6.24. The minimum Gasteiger partial charge on any atom is -0.471 e. The maximum atomic E-state index is 14.6. The molecule has 1 aromatic rings. The van der Waals surface area contributed by atoms with Gasteiger partial charge in [-0.3, -0.25) is 9.69 Å². The van der Waals surface area contributed by atoms with Crippen molar-refractivity contribution < 1.29 is 23.5 Å². The van der Waals surface area contributed by atoms with Crippen LogP contribution in [0.25, 0.3) is 0 Å². The van der Waals surface area contributed by atoms with Crippen molar-refractivity contribution in [2.24, 2.45) is 5.10 Å². The smallest absolute Gasteiger partial charge is 0.414 e. The number of nitrogens with one attached hydrogen (secondary N) is 1. The van der Waals surface area contributed by atoms with Gasteiger partial charge in [0.15, 0.2) is 0 Å². The number of cyclic esters (lactones) is 1. The van der Waals surface area contributed by atoms with Crippen LogP contribution in [0.2, 0.25) is 0 Å². The van der Waals surface area contributed by atoms with Gasteiger partial charge in [0.05, 0.1) is 37.6 Å². The molecular formula is C17H20FN5O4S. The van der Waals surface area contributed by atoms with Crippen LogP contribution in [0.5, 0.6) is 0 Å². The van der Waals surface area contributed by atoms with Crippen molar-refractivity contribution >= 4 is 47.6 Å². The van der Waals surface area contributed by atoms with Crippen LogP contribution in [0.4, 0.5) is 20.6 Å². The van der Waals surface area contributed by atoms with Crippen molar-refractivity contribution in [1.29, 1.82) is 0 Å². The number of carbonyl (C=O) groups is 2. The molecule has 1 aromatic carbocycles. The molecule has 0 bridgehead atoms. The van der Waals surface area contributed by atoms with E-state index in [2.05, 4.69) is 10.4 Å². The fourth-order valence-electron chi connectivity index (χ4n) is 2.83. The molecule has 1 saturated heterocycles. The number of ether oxygens (including phenoxy) is 2. The number of halogens is 1. The van der Waals surface area contributed by atoms with E-state index >= 15 is 0 Å². The zero-order chi connectivity index (χ0) is 20.1. The van der Waals surface area contributed by atoms with Gasteiger partial charge >= 0.3 is 6.09 Å². The number of amides is 2. The van der Waals surface area contributed by atoms with E-state index in [-0.39, 0.29) is 11.7 Å². The lowest BCUT2D eigenvalue weighted by Gasteiger charge is -2.27. The van der Waals surface area contributed by atoms with Gasteiger partial charge in [-0.2, -0.15) is 5.10 Å². The Morgan fingerprint density at radius 2 is 2.32 bits per heavy atom. The van der Waals surface area contributed by atoms with Crippen molar-refractivity contribution in [2.75, 3.05) is 42.6 Å². The summed E-state index contributed by atoms with van der Waals surface area (Å²) in [4.78, 5) is 25.8. The van der Waals surface area contributed by atoms with Gasteiger partial charge in [0, 0.05) is 6.54 Å². The number of rotatable bonds is 6. The van der Waals surface area contributed by atoms with E-state index in [1.54, 1.807) is 17.0 Å². The van der Waals surface area contributed by atoms with E-state index in [0.717, 1.165) is 0 Å². The molecule has 2 aliphatic rings. The van der Waals surface area contributed by atoms with Crippen molar-refractivity contribution in [3.8, 4) is 0 Å². The van der Waals surface area contributed by atoms with Gasteiger partial charge in [-0.05, 0) is 37.3 Å². The number of hydrogen-bond acceptors (Lipinski definition) is 7. The van der Waals surface area contributed by atoms with E-state index < -0.39 is 18.0 Å². The molecule has 0 saturated carbocycles. The van der Waals surface area contributed by atoms with Gasteiger partial charge < -0.3 is 19.7 Å². The number of thiocarbonyl (C=S) groups is 1. The van der Waals surface area contributed by atoms with Gasteiger partial charge in [-0.25, -0.2) is 14.2 Å². The quantitative estimate of drug-likeness (QED) is 0.560. The van der Waals surface area contributed by atoms with Crippen LogP contribution in [0.15, 0.2) is 23.3 Å². The molecule has 28 heavy (non-hydrogen) atoms. The number of benzene rings is 1. The highest BCUT2D eigenvalue weighted by Crippen LogP contribution is 2.28. The first-order valence-corrected chi connectivity index (χ1v) is 9.13. The summed E-state index contributed by atoms with van der Waals surface area (Å²) in [5.74, 6) is -0.504. The van der Waals surface area contributed by atoms with Crippen LogP contribution < -0.4 is 15.1 Å². The predicted molar refractivity (Wildman–Crippen MR) is 105 cm³/mol. The first-order valence-electron chi connectivity index (χ1n) is 8.72. The lowest BCUT2D eigenvalue weighted by atomic mass is 10.2. The Morgan fingerprint density at radius 1 is 1.50 bits per heavy atom. The largest absolute Gasteiger partial charge is 0.471 e. The molecule has 0 radical (unpaired) electrons. The van der Waals surface area contributed by atoms with Gasteiger partial charge in [0.2, 0.25) is 6.41 Å². The fourth-order valence-corrected chi connectivity index (χ4v) is 3.03. The molecule has 0 aromatic heterocycles. The second-order valence-electron chi connectivity index (χ2n) is 6.05. The number of nitrogens with zero attached hydrogens (tertiary/aromatic N) is 4. The van der Waals surface area contributed by atoms with Crippen LogP contribution in [-0.2, 0) is 14.3 Å². The summed E-state index contributed by atoms with van der Waals surface area (Å²) in [5, 5.41) is 8.25. The molecule has 2 heterocycles.